The molecule has 1 aromatic carbocycles. The standard InChI is InChI=1S/C16H26F3N5O3S/c1-11(8-12-2-4-13(5-3-12)16(17,18)19)23-15(25)14(22)9-28(26,27)24(10-21)7-6-20/h2-5,11,14H,6-10,20-22H2,1H3,(H,23,25). The highest BCUT2D eigenvalue weighted by Gasteiger charge is 2.30. The van der Waals surface area contributed by atoms with E-state index in [1.165, 1.54) is 12.1 Å². The Morgan fingerprint density at radius 2 is 1.79 bits per heavy atom. The summed E-state index contributed by atoms with van der Waals surface area (Å²) in [6.45, 7) is 1.44. The zero-order chi connectivity index (χ0) is 21.5. The van der Waals surface area contributed by atoms with E-state index in [1.807, 2.05) is 0 Å². The topological polar surface area (TPSA) is 145 Å². The molecule has 12 heteroatoms. The second-order valence-electron chi connectivity index (χ2n) is 6.34. The number of carbonyl (C=O) groups is 1. The molecule has 0 aliphatic heterocycles. The van der Waals surface area contributed by atoms with E-state index in [2.05, 4.69) is 5.32 Å². The number of nitrogens with one attached hydrogen (secondary N) is 1. The summed E-state index contributed by atoms with van der Waals surface area (Å²) in [6.07, 6.45) is -4.16. The molecule has 0 radical (unpaired) electrons. The summed E-state index contributed by atoms with van der Waals surface area (Å²) >= 11 is 0. The second kappa shape index (κ2) is 10.2. The Morgan fingerprint density at radius 3 is 2.25 bits per heavy atom. The molecule has 0 saturated heterocycles. The molecular weight excluding hydrogens is 399 g/mol. The molecule has 1 aromatic rings. The van der Waals surface area contributed by atoms with Gasteiger partial charge < -0.3 is 22.5 Å². The second-order valence-corrected chi connectivity index (χ2v) is 8.35. The summed E-state index contributed by atoms with van der Waals surface area (Å²) in [7, 11) is -3.86. The Bertz CT molecular complexity index is 741. The number of nitrogens with two attached hydrogens (primary N) is 3. The molecule has 0 aliphatic rings. The Balaban J connectivity index is 2.64. The van der Waals surface area contributed by atoms with E-state index in [0.29, 0.717) is 5.56 Å². The number of halogens is 3. The van der Waals surface area contributed by atoms with Gasteiger partial charge in [0.15, 0.2) is 0 Å². The van der Waals surface area contributed by atoms with Crippen molar-refractivity contribution in [2.75, 3.05) is 25.5 Å². The molecule has 8 nitrogen and oxygen atoms in total. The maximum absolute atomic E-state index is 12.6. The van der Waals surface area contributed by atoms with Gasteiger partial charge in [0.05, 0.1) is 24.0 Å². The fourth-order valence-corrected chi connectivity index (χ4v) is 3.91. The monoisotopic (exact) mass is 425 g/mol. The van der Waals surface area contributed by atoms with Gasteiger partial charge in [0.2, 0.25) is 15.9 Å². The molecule has 2 atom stereocenters. The Morgan fingerprint density at radius 1 is 1.21 bits per heavy atom. The Labute approximate surface area is 162 Å². The highest BCUT2D eigenvalue weighted by Crippen LogP contribution is 2.29. The largest absolute Gasteiger partial charge is 0.416 e. The van der Waals surface area contributed by atoms with E-state index in [9.17, 15) is 26.4 Å². The quantitative estimate of drug-likeness (QED) is 0.375. The van der Waals surface area contributed by atoms with E-state index in [-0.39, 0.29) is 26.2 Å². The van der Waals surface area contributed by atoms with Crippen LogP contribution in [0.5, 0.6) is 0 Å². The van der Waals surface area contributed by atoms with Crippen molar-refractivity contribution >= 4 is 15.9 Å². The van der Waals surface area contributed by atoms with Gasteiger partial charge >= 0.3 is 6.18 Å². The Hall–Kier alpha value is -1.73. The summed E-state index contributed by atoms with van der Waals surface area (Å²) < 4.78 is 63.0. The zero-order valence-electron chi connectivity index (χ0n) is 15.4. The van der Waals surface area contributed by atoms with E-state index < -0.39 is 45.5 Å². The zero-order valence-corrected chi connectivity index (χ0v) is 16.3. The molecule has 1 rings (SSSR count). The van der Waals surface area contributed by atoms with Crippen LogP contribution in [0.4, 0.5) is 13.2 Å². The number of sulfonamides is 1. The van der Waals surface area contributed by atoms with Gasteiger partial charge in [-0.25, -0.2) is 8.42 Å². The van der Waals surface area contributed by atoms with Crippen molar-refractivity contribution in [3.63, 3.8) is 0 Å². The van der Waals surface area contributed by atoms with Crippen molar-refractivity contribution in [1.29, 1.82) is 0 Å². The minimum atomic E-state index is -4.42. The third-order valence-electron chi connectivity index (χ3n) is 3.91. The third-order valence-corrected chi connectivity index (χ3v) is 5.81. The van der Waals surface area contributed by atoms with Gasteiger partial charge in [-0.2, -0.15) is 17.5 Å². The lowest BCUT2D eigenvalue weighted by Crippen LogP contribution is -2.51. The number of rotatable bonds is 10. The molecule has 160 valence electrons. The van der Waals surface area contributed by atoms with Crippen LogP contribution in [0.25, 0.3) is 0 Å². The van der Waals surface area contributed by atoms with Crippen molar-refractivity contribution in [3.8, 4) is 0 Å². The van der Waals surface area contributed by atoms with Crippen LogP contribution >= 0.6 is 0 Å². The third kappa shape index (κ3) is 7.36. The van der Waals surface area contributed by atoms with Crippen molar-refractivity contribution in [2.45, 2.75) is 31.6 Å². The van der Waals surface area contributed by atoms with Gasteiger partial charge in [0.25, 0.3) is 0 Å². The van der Waals surface area contributed by atoms with Crippen LogP contribution in [0.15, 0.2) is 24.3 Å². The first-order valence-electron chi connectivity index (χ1n) is 8.50. The van der Waals surface area contributed by atoms with Crippen LogP contribution in [0.3, 0.4) is 0 Å². The van der Waals surface area contributed by atoms with Crippen molar-refractivity contribution in [1.82, 2.24) is 9.62 Å². The molecule has 0 bridgehead atoms. The number of carbonyl (C=O) groups excluding carboxylic acids is 1. The van der Waals surface area contributed by atoms with Gasteiger partial charge in [-0.3, -0.25) is 4.79 Å². The van der Waals surface area contributed by atoms with Gasteiger partial charge in [-0.1, -0.05) is 12.1 Å². The molecule has 0 spiro atoms. The summed E-state index contributed by atoms with van der Waals surface area (Å²) in [5.74, 6) is -1.32. The lowest BCUT2D eigenvalue weighted by Gasteiger charge is -2.22. The fraction of sp³-hybridized carbons (Fsp3) is 0.562. The van der Waals surface area contributed by atoms with E-state index in [1.54, 1.807) is 6.92 Å². The highest BCUT2D eigenvalue weighted by atomic mass is 32.2. The smallest absolute Gasteiger partial charge is 0.352 e. The van der Waals surface area contributed by atoms with Crippen molar-refractivity contribution in [3.05, 3.63) is 35.4 Å². The minimum Gasteiger partial charge on any atom is -0.352 e. The predicted octanol–water partition coefficient (Wildman–Crippen LogP) is -0.413. The first-order chi connectivity index (χ1) is 12.9. The average molecular weight is 425 g/mol. The number of nitrogens with zero attached hydrogens (tertiary/aromatic N) is 1. The van der Waals surface area contributed by atoms with Crippen LogP contribution in [0, 0.1) is 0 Å². The summed E-state index contributed by atoms with van der Waals surface area (Å²) in [5, 5.41) is 2.56. The maximum Gasteiger partial charge on any atom is 0.416 e. The van der Waals surface area contributed by atoms with E-state index >= 15 is 0 Å². The molecule has 28 heavy (non-hydrogen) atoms. The number of amides is 1. The molecule has 7 N–H and O–H groups in total. The summed E-state index contributed by atoms with van der Waals surface area (Å²) in [4.78, 5) is 12.2. The molecule has 2 unspecified atom stereocenters. The number of hydrogen-bond acceptors (Lipinski definition) is 6. The molecule has 0 heterocycles. The normalized spacial score (nSPS) is 14.7. The van der Waals surface area contributed by atoms with Gasteiger partial charge in [-0.05, 0) is 31.0 Å². The van der Waals surface area contributed by atoms with Crippen LogP contribution in [0.1, 0.15) is 18.1 Å². The number of hydrogen-bond donors (Lipinski definition) is 4. The average Bonchev–Trinajstić information content (AvgIpc) is 2.58. The molecule has 0 aromatic heterocycles. The number of alkyl halides is 3. The first kappa shape index (κ1) is 24.3. The minimum absolute atomic E-state index is 0.0114. The van der Waals surface area contributed by atoms with Crippen molar-refractivity contribution < 1.29 is 26.4 Å². The van der Waals surface area contributed by atoms with Crippen LogP contribution < -0.4 is 22.5 Å². The lowest BCUT2D eigenvalue weighted by molar-refractivity contribution is -0.137. The molecule has 0 fully saturated rings. The Kier molecular flexibility index (Phi) is 8.82. The fourth-order valence-electron chi connectivity index (χ4n) is 2.48. The first-order valence-corrected chi connectivity index (χ1v) is 10.1. The SMILES string of the molecule is CC(Cc1ccc(C(F)(F)F)cc1)NC(=O)C(N)CS(=O)(=O)N(CN)CCN. The van der Waals surface area contributed by atoms with Gasteiger partial charge in [0.1, 0.15) is 0 Å². The molecule has 1 amide bonds. The lowest BCUT2D eigenvalue weighted by atomic mass is 10.0. The molecule has 0 aliphatic carbocycles. The van der Waals surface area contributed by atoms with Crippen LogP contribution in [-0.4, -0.2) is 56.2 Å². The summed E-state index contributed by atoms with van der Waals surface area (Å²) in [6, 6.07) is 2.77. The van der Waals surface area contributed by atoms with E-state index in [0.717, 1.165) is 16.4 Å². The van der Waals surface area contributed by atoms with Crippen molar-refractivity contribution in [2.24, 2.45) is 17.2 Å². The molecule has 0 saturated carbocycles. The molecular formula is C16H26F3N5O3S. The van der Waals surface area contributed by atoms with Gasteiger partial charge in [-0.15, -0.1) is 0 Å². The van der Waals surface area contributed by atoms with Gasteiger partial charge in [0, 0.05) is 19.1 Å². The van der Waals surface area contributed by atoms with Crippen LogP contribution in [-0.2, 0) is 27.4 Å². The summed E-state index contributed by atoms with van der Waals surface area (Å²) in [5.41, 5.74) is 16.2. The van der Waals surface area contributed by atoms with E-state index in [4.69, 9.17) is 17.2 Å². The predicted molar refractivity (Wildman–Crippen MR) is 99.3 cm³/mol. The van der Waals surface area contributed by atoms with Crippen LogP contribution in [0.2, 0.25) is 0 Å². The highest BCUT2D eigenvalue weighted by molar-refractivity contribution is 7.89. The maximum atomic E-state index is 12.6. The number of benzene rings is 1.